The summed E-state index contributed by atoms with van der Waals surface area (Å²) in [6.07, 6.45) is 11.6. The van der Waals surface area contributed by atoms with Gasteiger partial charge in [-0.15, -0.1) is 5.92 Å². The molecule has 6 saturated carbocycles. The first-order chi connectivity index (χ1) is 12.3. The van der Waals surface area contributed by atoms with Gasteiger partial charge in [-0.05, 0) is 97.7 Å². The van der Waals surface area contributed by atoms with E-state index in [1.165, 1.54) is 51.4 Å². The van der Waals surface area contributed by atoms with Crippen molar-refractivity contribution in [2.45, 2.75) is 84.6 Å². The molecule has 0 spiro atoms. The van der Waals surface area contributed by atoms with E-state index in [1.54, 1.807) is 0 Å². The molecule has 0 bridgehead atoms. The van der Waals surface area contributed by atoms with Crippen LogP contribution in [-0.2, 0) is 0 Å². The highest BCUT2D eigenvalue weighted by Crippen LogP contribution is 2.82. The molecule has 1 heteroatoms. The minimum Gasteiger partial charge on any atom is -0.314 e. The Kier molecular flexibility index (Phi) is 2.89. The van der Waals surface area contributed by atoms with Crippen molar-refractivity contribution in [1.82, 2.24) is 0 Å². The highest BCUT2D eigenvalue weighted by atomic mass is 14.9. The molecule has 6 rings (SSSR count). The van der Waals surface area contributed by atoms with Gasteiger partial charge in [0.25, 0.3) is 0 Å². The maximum Gasteiger partial charge on any atom is 0.0864 e. The SMILES string of the molecule is CC#CC1(N)C2CC2C2C3C4CC4C4(C)CCCCC4(C)C3CCC21C. The number of rotatable bonds is 0. The summed E-state index contributed by atoms with van der Waals surface area (Å²) in [6, 6.07) is 0. The van der Waals surface area contributed by atoms with Crippen molar-refractivity contribution in [2.24, 2.45) is 63.4 Å². The molecule has 6 aliphatic rings. The standard InChI is InChI=1S/C25H37N/c1-5-9-25(26)19-14-16(19)21-20-15-13-18(15)23(3)11-7-6-10-22(23,2)17(20)8-12-24(21,25)4/h15-21H,6-8,10-14,26H2,1-4H3. The van der Waals surface area contributed by atoms with E-state index in [-0.39, 0.29) is 11.0 Å². The van der Waals surface area contributed by atoms with Crippen molar-refractivity contribution < 1.29 is 0 Å². The molecule has 0 saturated heterocycles. The molecule has 0 aromatic rings. The molecule has 0 amide bonds. The van der Waals surface area contributed by atoms with E-state index in [2.05, 4.69) is 32.6 Å². The number of hydrogen-bond acceptors (Lipinski definition) is 1. The largest absolute Gasteiger partial charge is 0.314 e. The Bertz CT molecular complexity index is 730. The average Bonchev–Trinajstić information content (AvgIpc) is 3.49. The molecular formula is C25H37N. The van der Waals surface area contributed by atoms with Crippen LogP contribution in [0.5, 0.6) is 0 Å². The van der Waals surface area contributed by atoms with Crippen LogP contribution in [0.1, 0.15) is 79.1 Å². The fourth-order valence-corrected chi connectivity index (χ4v) is 10.2. The Labute approximate surface area is 160 Å². The zero-order chi connectivity index (χ0) is 18.1. The summed E-state index contributed by atoms with van der Waals surface area (Å²) in [7, 11) is 0. The molecule has 6 fully saturated rings. The van der Waals surface area contributed by atoms with E-state index >= 15 is 0 Å². The van der Waals surface area contributed by atoms with Gasteiger partial charge in [0, 0.05) is 5.41 Å². The first kappa shape index (κ1) is 16.5. The molecule has 6 aliphatic carbocycles. The highest BCUT2D eigenvalue weighted by Gasteiger charge is 2.79. The third-order valence-electron chi connectivity index (χ3n) is 11.7. The lowest BCUT2D eigenvalue weighted by atomic mass is 9.39. The van der Waals surface area contributed by atoms with Gasteiger partial charge in [0.15, 0.2) is 0 Å². The lowest BCUT2D eigenvalue weighted by Crippen LogP contribution is -2.62. The van der Waals surface area contributed by atoms with Gasteiger partial charge in [-0.2, -0.15) is 0 Å². The molecule has 2 N–H and O–H groups in total. The minimum absolute atomic E-state index is 0.194. The van der Waals surface area contributed by atoms with Gasteiger partial charge >= 0.3 is 0 Å². The van der Waals surface area contributed by atoms with Crippen LogP contribution in [0.2, 0.25) is 0 Å². The van der Waals surface area contributed by atoms with E-state index in [0.29, 0.717) is 16.7 Å². The number of fused-ring (bicyclic) bond motifs is 10. The van der Waals surface area contributed by atoms with Crippen LogP contribution >= 0.6 is 0 Å². The number of hydrogen-bond donors (Lipinski definition) is 1. The van der Waals surface area contributed by atoms with Crippen molar-refractivity contribution in [3.63, 3.8) is 0 Å². The molecule has 26 heavy (non-hydrogen) atoms. The van der Waals surface area contributed by atoms with Crippen LogP contribution in [0, 0.1) is 69.5 Å². The first-order valence-electron chi connectivity index (χ1n) is 11.5. The molecule has 0 aliphatic heterocycles. The van der Waals surface area contributed by atoms with Crippen LogP contribution in [0.25, 0.3) is 0 Å². The molecule has 1 nitrogen and oxygen atoms in total. The summed E-state index contributed by atoms with van der Waals surface area (Å²) in [5.41, 5.74) is 8.45. The van der Waals surface area contributed by atoms with Gasteiger partial charge < -0.3 is 5.73 Å². The van der Waals surface area contributed by atoms with Gasteiger partial charge in [-0.3, -0.25) is 0 Å². The van der Waals surface area contributed by atoms with Gasteiger partial charge in [0.05, 0.1) is 5.54 Å². The molecule has 142 valence electrons. The molecule has 0 radical (unpaired) electrons. The average molecular weight is 352 g/mol. The normalized spacial score (nSPS) is 66.9. The second kappa shape index (κ2) is 4.56. The van der Waals surface area contributed by atoms with E-state index in [9.17, 15) is 0 Å². The van der Waals surface area contributed by atoms with Crippen molar-refractivity contribution in [2.75, 3.05) is 0 Å². The maximum atomic E-state index is 7.14. The zero-order valence-corrected chi connectivity index (χ0v) is 17.3. The Hall–Kier alpha value is -0.480. The molecule has 11 unspecified atom stereocenters. The summed E-state index contributed by atoms with van der Waals surface area (Å²) in [6.45, 7) is 9.98. The van der Waals surface area contributed by atoms with Crippen molar-refractivity contribution >= 4 is 0 Å². The Morgan fingerprint density at radius 2 is 1.46 bits per heavy atom. The molecular weight excluding hydrogens is 314 g/mol. The predicted molar refractivity (Wildman–Crippen MR) is 106 cm³/mol. The second-order valence-corrected chi connectivity index (χ2v) is 12.0. The summed E-state index contributed by atoms with van der Waals surface area (Å²) < 4.78 is 0. The van der Waals surface area contributed by atoms with Gasteiger partial charge in [0.2, 0.25) is 0 Å². The van der Waals surface area contributed by atoms with Crippen molar-refractivity contribution in [3.8, 4) is 11.8 Å². The molecule has 0 heterocycles. The van der Waals surface area contributed by atoms with Crippen LogP contribution < -0.4 is 5.73 Å². The molecule has 0 aromatic carbocycles. The Morgan fingerprint density at radius 3 is 2.15 bits per heavy atom. The van der Waals surface area contributed by atoms with E-state index < -0.39 is 0 Å². The lowest BCUT2D eigenvalue weighted by Gasteiger charge is -2.65. The first-order valence-corrected chi connectivity index (χ1v) is 11.5. The highest BCUT2D eigenvalue weighted by molar-refractivity contribution is 5.37. The van der Waals surface area contributed by atoms with Crippen LogP contribution in [0.3, 0.4) is 0 Å². The van der Waals surface area contributed by atoms with Gasteiger partial charge in [-0.1, -0.05) is 39.5 Å². The summed E-state index contributed by atoms with van der Waals surface area (Å²) in [5, 5.41) is 0. The monoisotopic (exact) mass is 351 g/mol. The summed E-state index contributed by atoms with van der Waals surface area (Å²) >= 11 is 0. The van der Waals surface area contributed by atoms with Crippen molar-refractivity contribution in [1.29, 1.82) is 0 Å². The van der Waals surface area contributed by atoms with Crippen LogP contribution in [0.15, 0.2) is 0 Å². The van der Waals surface area contributed by atoms with Crippen molar-refractivity contribution in [3.05, 3.63) is 0 Å². The van der Waals surface area contributed by atoms with Gasteiger partial charge in [-0.25, -0.2) is 0 Å². The van der Waals surface area contributed by atoms with Gasteiger partial charge in [0.1, 0.15) is 0 Å². The van der Waals surface area contributed by atoms with E-state index in [0.717, 1.165) is 35.5 Å². The van der Waals surface area contributed by atoms with E-state index in [1.807, 2.05) is 6.92 Å². The smallest absolute Gasteiger partial charge is 0.0864 e. The van der Waals surface area contributed by atoms with Crippen LogP contribution in [0.4, 0.5) is 0 Å². The lowest BCUT2D eigenvalue weighted by molar-refractivity contribution is -0.163. The topological polar surface area (TPSA) is 26.0 Å². The minimum atomic E-state index is -0.194. The number of nitrogens with two attached hydrogens (primary N) is 1. The summed E-state index contributed by atoms with van der Waals surface area (Å²) in [4.78, 5) is 0. The summed E-state index contributed by atoms with van der Waals surface area (Å²) in [5.74, 6) is 13.3. The second-order valence-electron chi connectivity index (χ2n) is 12.0. The molecule has 11 atom stereocenters. The predicted octanol–water partition coefficient (Wildman–Crippen LogP) is 5.24. The Morgan fingerprint density at radius 1 is 0.808 bits per heavy atom. The Balaban J connectivity index is 1.45. The van der Waals surface area contributed by atoms with Crippen LogP contribution in [-0.4, -0.2) is 5.54 Å². The van der Waals surface area contributed by atoms with E-state index in [4.69, 9.17) is 5.73 Å². The zero-order valence-electron chi connectivity index (χ0n) is 17.3. The quantitative estimate of drug-likeness (QED) is 0.593. The third kappa shape index (κ3) is 1.52. The maximum absolute atomic E-state index is 7.14. The fourth-order valence-electron chi connectivity index (χ4n) is 10.2. The third-order valence-corrected chi connectivity index (χ3v) is 11.7. The fraction of sp³-hybridized carbons (Fsp3) is 0.920. The molecule has 0 aromatic heterocycles.